The minimum absolute atomic E-state index is 0.481. The number of hydrazine groups is 2. The number of hydrogen-bond acceptors (Lipinski definition) is 8. The minimum atomic E-state index is 0.481. The molecule has 1 fully saturated rings. The van der Waals surface area contributed by atoms with E-state index in [4.69, 9.17) is 5.73 Å². The lowest BCUT2D eigenvalue weighted by Crippen LogP contribution is -2.47. The highest BCUT2D eigenvalue weighted by Gasteiger charge is 2.16. The molecule has 8 nitrogen and oxygen atoms in total. The zero-order valence-corrected chi connectivity index (χ0v) is 13.2. The number of aromatic nitrogens is 2. The summed E-state index contributed by atoms with van der Waals surface area (Å²) < 4.78 is 0. The Hall–Kier alpha value is -2.58. The number of piperazine rings is 1. The van der Waals surface area contributed by atoms with Gasteiger partial charge in [-0.1, -0.05) is 18.2 Å². The molecule has 0 amide bonds. The van der Waals surface area contributed by atoms with Crippen molar-refractivity contribution in [1.82, 2.24) is 19.9 Å². The molecular formula is C15H22N8. The first kappa shape index (κ1) is 15.3. The number of para-hydroxylation sites is 1. The fourth-order valence-corrected chi connectivity index (χ4v) is 2.31. The summed E-state index contributed by atoms with van der Waals surface area (Å²) in [5, 5.41) is 2.12. The van der Waals surface area contributed by atoms with Gasteiger partial charge in [0.05, 0.1) is 5.69 Å². The second-order valence-corrected chi connectivity index (χ2v) is 5.50. The number of rotatable bonds is 5. The van der Waals surface area contributed by atoms with Crippen molar-refractivity contribution in [3.63, 3.8) is 0 Å². The molecule has 0 radical (unpaired) electrons. The van der Waals surface area contributed by atoms with Crippen LogP contribution in [0.25, 0.3) is 0 Å². The fraction of sp³-hybridized carbons (Fsp3) is 0.333. The Morgan fingerprint density at radius 3 is 2.39 bits per heavy atom. The summed E-state index contributed by atoms with van der Waals surface area (Å²) >= 11 is 0. The number of anilines is 4. The summed E-state index contributed by atoms with van der Waals surface area (Å²) in [6, 6.07) is 9.77. The van der Waals surface area contributed by atoms with E-state index in [1.165, 1.54) is 6.33 Å². The van der Waals surface area contributed by atoms with Crippen molar-refractivity contribution in [2.45, 2.75) is 0 Å². The van der Waals surface area contributed by atoms with Crippen LogP contribution in [-0.2, 0) is 0 Å². The van der Waals surface area contributed by atoms with Gasteiger partial charge in [0, 0.05) is 26.2 Å². The predicted molar refractivity (Wildman–Crippen MR) is 92.8 cm³/mol. The highest BCUT2D eigenvalue weighted by Crippen LogP contribution is 2.23. The molecule has 1 aliphatic rings. The van der Waals surface area contributed by atoms with E-state index in [-0.39, 0.29) is 0 Å². The van der Waals surface area contributed by atoms with E-state index in [1.54, 1.807) is 0 Å². The van der Waals surface area contributed by atoms with E-state index in [0.29, 0.717) is 17.3 Å². The smallest absolute Gasteiger partial charge is 0.173 e. The van der Waals surface area contributed by atoms with E-state index >= 15 is 0 Å². The SMILES string of the molecule is CN1CCN(Nc2ncnc(NNc3ccccc3)c2N)CC1. The Bertz CT molecular complexity index is 625. The quantitative estimate of drug-likeness (QED) is 0.609. The van der Waals surface area contributed by atoms with Crippen LogP contribution < -0.4 is 22.0 Å². The molecule has 8 heteroatoms. The molecule has 1 aliphatic heterocycles. The molecular weight excluding hydrogens is 292 g/mol. The number of likely N-dealkylation sites (N-methyl/N-ethyl adjacent to an activating group) is 1. The fourth-order valence-electron chi connectivity index (χ4n) is 2.31. The summed E-state index contributed by atoms with van der Waals surface area (Å²) in [6.45, 7) is 3.87. The summed E-state index contributed by atoms with van der Waals surface area (Å²) in [6.07, 6.45) is 1.49. The van der Waals surface area contributed by atoms with Crippen LogP contribution in [0.4, 0.5) is 23.0 Å². The monoisotopic (exact) mass is 314 g/mol. The van der Waals surface area contributed by atoms with Crippen molar-refractivity contribution >= 4 is 23.0 Å². The highest BCUT2D eigenvalue weighted by molar-refractivity contribution is 5.74. The second kappa shape index (κ2) is 7.12. The summed E-state index contributed by atoms with van der Waals surface area (Å²) in [4.78, 5) is 10.7. The normalized spacial score (nSPS) is 16.0. The largest absolute Gasteiger partial charge is 0.393 e. The van der Waals surface area contributed by atoms with Crippen LogP contribution in [0.2, 0.25) is 0 Å². The van der Waals surface area contributed by atoms with Gasteiger partial charge in [0.2, 0.25) is 0 Å². The number of nitrogens with zero attached hydrogens (tertiary/aromatic N) is 4. The minimum Gasteiger partial charge on any atom is -0.393 e. The molecule has 0 spiro atoms. The van der Waals surface area contributed by atoms with Crippen molar-refractivity contribution in [3.8, 4) is 0 Å². The van der Waals surface area contributed by atoms with Gasteiger partial charge < -0.3 is 16.1 Å². The average Bonchev–Trinajstić information content (AvgIpc) is 2.58. The van der Waals surface area contributed by atoms with Crippen molar-refractivity contribution < 1.29 is 0 Å². The van der Waals surface area contributed by atoms with Crippen molar-refractivity contribution in [2.75, 3.05) is 55.2 Å². The highest BCUT2D eigenvalue weighted by atomic mass is 15.5. The summed E-state index contributed by atoms with van der Waals surface area (Å²) in [7, 11) is 2.12. The number of benzene rings is 1. The molecule has 1 aromatic heterocycles. The molecule has 1 saturated heterocycles. The number of nitrogens with two attached hydrogens (primary N) is 1. The van der Waals surface area contributed by atoms with E-state index in [9.17, 15) is 0 Å². The Balaban J connectivity index is 1.63. The zero-order chi connectivity index (χ0) is 16.1. The van der Waals surface area contributed by atoms with E-state index in [0.717, 1.165) is 31.9 Å². The molecule has 2 heterocycles. The molecule has 1 aromatic carbocycles. The van der Waals surface area contributed by atoms with Crippen LogP contribution >= 0.6 is 0 Å². The van der Waals surface area contributed by atoms with E-state index in [2.05, 4.69) is 43.2 Å². The standard InChI is InChI=1S/C15H22N8/c1-22-7-9-23(10-8-22)21-15-13(16)14(17-11-18-15)20-19-12-5-3-2-4-6-12/h2-6,11,19H,7-10,16H2,1H3,(H2,17,18,20,21). The Kier molecular flexibility index (Phi) is 4.74. The molecule has 23 heavy (non-hydrogen) atoms. The molecule has 122 valence electrons. The number of nitrogen functional groups attached to an aromatic ring is 1. The van der Waals surface area contributed by atoms with Gasteiger partial charge in [-0.3, -0.25) is 10.9 Å². The first-order valence-corrected chi connectivity index (χ1v) is 7.60. The van der Waals surface area contributed by atoms with Crippen molar-refractivity contribution in [1.29, 1.82) is 0 Å². The molecule has 5 N–H and O–H groups in total. The number of hydrogen-bond donors (Lipinski definition) is 4. The molecule has 2 aromatic rings. The molecule has 0 bridgehead atoms. The van der Waals surface area contributed by atoms with Gasteiger partial charge in [0.1, 0.15) is 12.0 Å². The second-order valence-electron chi connectivity index (χ2n) is 5.50. The van der Waals surface area contributed by atoms with Crippen molar-refractivity contribution in [3.05, 3.63) is 36.7 Å². The first-order valence-electron chi connectivity index (χ1n) is 7.60. The molecule has 0 saturated carbocycles. The van der Waals surface area contributed by atoms with Gasteiger partial charge >= 0.3 is 0 Å². The van der Waals surface area contributed by atoms with Crippen LogP contribution in [0, 0.1) is 0 Å². The Morgan fingerprint density at radius 1 is 0.957 bits per heavy atom. The average molecular weight is 314 g/mol. The van der Waals surface area contributed by atoms with Crippen LogP contribution in [0.1, 0.15) is 0 Å². The zero-order valence-electron chi connectivity index (χ0n) is 13.2. The maximum absolute atomic E-state index is 6.16. The van der Waals surface area contributed by atoms with Crippen LogP contribution in [0.3, 0.4) is 0 Å². The van der Waals surface area contributed by atoms with Crippen LogP contribution in [-0.4, -0.2) is 53.1 Å². The van der Waals surface area contributed by atoms with E-state index in [1.807, 2.05) is 30.3 Å². The lowest BCUT2D eigenvalue weighted by atomic mass is 10.3. The summed E-state index contributed by atoms with van der Waals surface area (Å²) in [5.41, 5.74) is 16.9. The molecule has 0 unspecified atom stereocenters. The van der Waals surface area contributed by atoms with Crippen LogP contribution in [0.5, 0.6) is 0 Å². The van der Waals surface area contributed by atoms with Crippen LogP contribution in [0.15, 0.2) is 36.7 Å². The maximum Gasteiger partial charge on any atom is 0.173 e. The topological polar surface area (TPSA) is 94.4 Å². The lowest BCUT2D eigenvalue weighted by molar-refractivity contribution is 0.178. The third-order valence-electron chi connectivity index (χ3n) is 3.75. The summed E-state index contributed by atoms with van der Waals surface area (Å²) in [5.74, 6) is 1.15. The van der Waals surface area contributed by atoms with Gasteiger partial charge in [-0.15, -0.1) is 0 Å². The lowest BCUT2D eigenvalue weighted by Gasteiger charge is -2.32. The molecule has 0 atom stereocenters. The Morgan fingerprint density at radius 2 is 1.65 bits per heavy atom. The number of nitrogens with one attached hydrogen (secondary N) is 3. The van der Waals surface area contributed by atoms with Gasteiger partial charge in [-0.05, 0) is 19.2 Å². The maximum atomic E-state index is 6.16. The molecule has 0 aliphatic carbocycles. The van der Waals surface area contributed by atoms with Gasteiger partial charge in [-0.2, -0.15) is 0 Å². The third-order valence-corrected chi connectivity index (χ3v) is 3.75. The van der Waals surface area contributed by atoms with Gasteiger partial charge in [-0.25, -0.2) is 15.0 Å². The first-order chi connectivity index (χ1) is 11.2. The predicted octanol–water partition coefficient (Wildman–Crippen LogP) is 1.07. The van der Waals surface area contributed by atoms with Crippen molar-refractivity contribution in [2.24, 2.45) is 0 Å². The third kappa shape index (κ3) is 3.99. The molecule has 3 rings (SSSR count). The van der Waals surface area contributed by atoms with Gasteiger partial charge in [0.15, 0.2) is 11.6 Å². The van der Waals surface area contributed by atoms with E-state index < -0.39 is 0 Å². The Labute approximate surface area is 135 Å². The van der Waals surface area contributed by atoms with Gasteiger partial charge in [0.25, 0.3) is 0 Å².